The van der Waals surface area contributed by atoms with Crippen LogP contribution < -0.4 is 0 Å². The Morgan fingerprint density at radius 3 is 2.53 bits per heavy atom. The van der Waals surface area contributed by atoms with Gasteiger partial charge in [0.25, 0.3) is 0 Å². The predicted octanol–water partition coefficient (Wildman–Crippen LogP) is 4.42. The van der Waals surface area contributed by atoms with E-state index in [1.165, 1.54) is 25.7 Å². The van der Waals surface area contributed by atoms with Crippen molar-refractivity contribution < 1.29 is 4.74 Å². The fourth-order valence-corrected chi connectivity index (χ4v) is 3.32. The summed E-state index contributed by atoms with van der Waals surface area (Å²) in [4.78, 5) is 0. The molecule has 2 heteroatoms. The second-order valence-corrected chi connectivity index (χ2v) is 7.29. The molecule has 0 aliphatic heterocycles. The molecule has 102 valence electrons. The minimum absolute atomic E-state index is 0.307. The van der Waals surface area contributed by atoms with Gasteiger partial charge in [-0.15, -0.1) is 0 Å². The third kappa shape index (κ3) is 5.65. The van der Waals surface area contributed by atoms with Crippen LogP contribution >= 0.6 is 12.6 Å². The first-order chi connectivity index (χ1) is 7.93. The van der Waals surface area contributed by atoms with Crippen molar-refractivity contribution in [3.63, 3.8) is 0 Å². The largest absolute Gasteiger partial charge is 0.381 e. The lowest BCUT2D eigenvalue weighted by Gasteiger charge is -2.31. The predicted molar refractivity (Wildman–Crippen MR) is 78.7 cm³/mol. The monoisotopic (exact) mass is 258 g/mol. The van der Waals surface area contributed by atoms with Crippen LogP contribution in [0.1, 0.15) is 53.4 Å². The van der Waals surface area contributed by atoms with E-state index in [-0.39, 0.29) is 0 Å². The summed E-state index contributed by atoms with van der Waals surface area (Å²) in [6.07, 6.45) is 5.54. The molecule has 0 spiro atoms. The molecule has 3 unspecified atom stereocenters. The van der Waals surface area contributed by atoms with Gasteiger partial charge in [0.05, 0.1) is 6.61 Å². The first-order valence-corrected chi connectivity index (χ1v) is 7.75. The van der Waals surface area contributed by atoms with E-state index in [4.69, 9.17) is 4.74 Å². The van der Waals surface area contributed by atoms with Crippen LogP contribution in [0.5, 0.6) is 0 Å². The molecule has 1 rings (SSSR count). The summed E-state index contributed by atoms with van der Waals surface area (Å²) in [5, 5.41) is 0. The Hall–Kier alpha value is 0.310. The van der Waals surface area contributed by atoms with E-state index in [1.807, 2.05) is 0 Å². The summed E-state index contributed by atoms with van der Waals surface area (Å²) >= 11 is 4.44. The van der Waals surface area contributed by atoms with Gasteiger partial charge in [-0.3, -0.25) is 0 Å². The second kappa shape index (κ2) is 7.04. The first kappa shape index (κ1) is 15.4. The zero-order chi connectivity index (χ0) is 12.9. The van der Waals surface area contributed by atoms with Crippen molar-refractivity contribution in [2.24, 2.45) is 23.2 Å². The van der Waals surface area contributed by atoms with Crippen LogP contribution in [-0.4, -0.2) is 19.0 Å². The molecule has 1 fully saturated rings. The molecule has 0 heterocycles. The van der Waals surface area contributed by atoms with Crippen LogP contribution in [0.4, 0.5) is 0 Å². The number of hydrogen-bond donors (Lipinski definition) is 1. The van der Waals surface area contributed by atoms with Gasteiger partial charge < -0.3 is 4.74 Å². The molecule has 0 saturated heterocycles. The van der Waals surface area contributed by atoms with Crippen molar-refractivity contribution in [3.8, 4) is 0 Å². The molecule has 0 aromatic rings. The Morgan fingerprint density at radius 1 is 1.29 bits per heavy atom. The minimum atomic E-state index is 0.307. The molecule has 17 heavy (non-hydrogen) atoms. The number of thiol groups is 1. The van der Waals surface area contributed by atoms with E-state index in [9.17, 15) is 0 Å². The highest BCUT2D eigenvalue weighted by Gasteiger charge is 2.24. The fourth-order valence-electron chi connectivity index (χ4n) is 2.66. The van der Waals surface area contributed by atoms with Crippen molar-refractivity contribution in [2.45, 2.75) is 53.4 Å². The Bertz CT molecular complexity index is 209. The second-order valence-electron chi connectivity index (χ2n) is 6.92. The number of hydrogen-bond acceptors (Lipinski definition) is 2. The Kier molecular flexibility index (Phi) is 6.36. The molecule has 0 N–H and O–H groups in total. The molecule has 0 amide bonds. The molecular formula is C15H30OS. The van der Waals surface area contributed by atoms with Gasteiger partial charge in [-0.1, -0.05) is 40.5 Å². The van der Waals surface area contributed by atoms with Crippen LogP contribution in [0.3, 0.4) is 0 Å². The van der Waals surface area contributed by atoms with Crippen molar-refractivity contribution in [1.82, 2.24) is 0 Å². The van der Waals surface area contributed by atoms with Crippen molar-refractivity contribution >= 4 is 12.6 Å². The molecule has 0 radical (unpaired) electrons. The minimum Gasteiger partial charge on any atom is -0.381 e. The Labute approximate surface area is 113 Å². The van der Waals surface area contributed by atoms with E-state index in [0.29, 0.717) is 11.3 Å². The maximum absolute atomic E-state index is 5.95. The summed E-state index contributed by atoms with van der Waals surface area (Å²) in [5.41, 5.74) is 0.307. The lowest BCUT2D eigenvalue weighted by atomic mass is 9.82. The molecule has 1 aliphatic rings. The van der Waals surface area contributed by atoms with Gasteiger partial charge in [0.1, 0.15) is 0 Å². The maximum atomic E-state index is 5.95. The summed E-state index contributed by atoms with van der Waals surface area (Å²) in [6, 6.07) is 0. The standard InChI is InChI=1S/C15H30OS/c1-12-6-5-7-13(8-12)9-16-10-14(11-17)15(2,3)4/h12-14,17H,5-11H2,1-4H3. The molecule has 3 atom stereocenters. The van der Waals surface area contributed by atoms with E-state index >= 15 is 0 Å². The molecule has 0 bridgehead atoms. The highest BCUT2D eigenvalue weighted by atomic mass is 32.1. The number of rotatable bonds is 5. The molecule has 0 aromatic heterocycles. The molecular weight excluding hydrogens is 228 g/mol. The van der Waals surface area contributed by atoms with Gasteiger partial charge in [-0.25, -0.2) is 0 Å². The van der Waals surface area contributed by atoms with E-state index < -0.39 is 0 Å². The van der Waals surface area contributed by atoms with E-state index in [0.717, 1.165) is 30.8 Å². The average Bonchev–Trinajstić information content (AvgIpc) is 2.22. The van der Waals surface area contributed by atoms with Gasteiger partial charge in [-0.2, -0.15) is 12.6 Å². The van der Waals surface area contributed by atoms with Crippen LogP contribution in [0.15, 0.2) is 0 Å². The van der Waals surface area contributed by atoms with Crippen LogP contribution in [0.25, 0.3) is 0 Å². The zero-order valence-corrected chi connectivity index (χ0v) is 12.9. The number of ether oxygens (including phenoxy) is 1. The van der Waals surface area contributed by atoms with Gasteiger partial charge in [0.15, 0.2) is 0 Å². The Balaban J connectivity index is 2.22. The summed E-state index contributed by atoms with van der Waals surface area (Å²) in [7, 11) is 0. The van der Waals surface area contributed by atoms with Crippen molar-refractivity contribution in [1.29, 1.82) is 0 Å². The topological polar surface area (TPSA) is 9.23 Å². The van der Waals surface area contributed by atoms with Crippen molar-refractivity contribution in [3.05, 3.63) is 0 Å². The molecule has 1 nitrogen and oxygen atoms in total. The van der Waals surface area contributed by atoms with Gasteiger partial charge in [-0.05, 0) is 41.8 Å². The van der Waals surface area contributed by atoms with Gasteiger partial charge in [0, 0.05) is 6.61 Å². The SMILES string of the molecule is CC1CCCC(COCC(CS)C(C)(C)C)C1. The lowest BCUT2D eigenvalue weighted by Crippen LogP contribution is -2.28. The van der Waals surface area contributed by atoms with Crippen LogP contribution in [0.2, 0.25) is 0 Å². The van der Waals surface area contributed by atoms with Crippen LogP contribution in [-0.2, 0) is 4.74 Å². The van der Waals surface area contributed by atoms with Crippen molar-refractivity contribution in [2.75, 3.05) is 19.0 Å². The summed E-state index contributed by atoms with van der Waals surface area (Å²) in [5.74, 6) is 3.19. The lowest BCUT2D eigenvalue weighted by molar-refractivity contribution is 0.0325. The zero-order valence-electron chi connectivity index (χ0n) is 12.0. The van der Waals surface area contributed by atoms with Gasteiger partial charge in [0.2, 0.25) is 0 Å². The maximum Gasteiger partial charge on any atom is 0.0507 e. The molecule has 0 aromatic carbocycles. The Morgan fingerprint density at radius 2 is 2.00 bits per heavy atom. The highest BCUT2D eigenvalue weighted by Crippen LogP contribution is 2.30. The fraction of sp³-hybridized carbons (Fsp3) is 1.00. The normalized spacial score (nSPS) is 28.1. The van der Waals surface area contributed by atoms with E-state index in [2.05, 4.69) is 40.3 Å². The molecule has 1 aliphatic carbocycles. The quantitative estimate of drug-likeness (QED) is 0.718. The summed E-state index contributed by atoms with van der Waals surface area (Å²) in [6.45, 7) is 11.0. The first-order valence-electron chi connectivity index (χ1n) is 7.12. The average molecular weight is 258 g/mol. The molecule has 1 saturated carbocycles. The van der Waals surface area contributed by atoms with Gasteiger partial charge >= 0.3 is 0 Å². The van der Waals surface area contributed by atoms with Crippen LogP contribution in [0, 0.1) is 23.2 Å². The highest BCUT2D eigenvalue weighted by molar-refractivity contribution is 7.80. The smallest absolute Gasteiger partial charge is 0.0507 e. The van der Waals surface area contributed by atoms with E-state index in [1.54, 1.807) is 0 Å². The third-order valence-electron chi connectivity index (χ3n) is 4.16. The summed E-state index contributed by atoms with van der Waals surface area (Å²) < 4.78 is 5.95. The third-order valence-corrected chi connectivity index (χ3v) is 4.60.